The van der Waals surface area contributed by atoms with Crippen LogP contribution in [-0.4, -0.2) is 29.8 Å². The highest BCUT2D eigenvalue weighted by atomic mass is 16.5. The van der Waals surface area contributed by atoms with Crippen LogP contribution in [0.5, 0.6) is 0 Å². The topological polar surface area (TPSA) is 58.6 Å². The second kappa shape index (κ2) is 5.75. The van der Waals surface area contributed by atoms with E-state index in [1.165, 1.54) is 0 Å². The lowest BCUT2D eigenvalue weighted by Gasteiger charge is -2.23. The van der Waals surface area contributed by atoms with Crippen LogP contribution in [0.15, 0.2) is 12.3 Å². The van der Waals surface area contributed by atoms with Crippen LogP contribution in [0, 0.1) is 5.92 Å². The van der Waals surface area contributed by atoms with E-state index in [0.29, 0.717) is 6.54 Å². The van der Waals surface area contributed by atoms with Gasteiger partial charge in [0, 0.05) is 6.54 Å². The number of allylic oxidation sites excluding steroid dienone is 1. The summed E-state index contributed by atoms with van der Waals surface area (Å²) in [5, 5.41) is 12.0. The fraction of sp³-hybridized carbons (Fsp3) is 0.727. The lowest BCUT2D eigenvalue weighted by atomic mass is 10.0. The molecule has 0 radical (unpaired) electrons. The molecule has 2 unspecified atom stereocenters. The van der Waals surface area contributed by atoms with Crippen molar-refractivity contribution in [3.8, 4) is 0 Å². The SMILES string of the molecule is CC(C)C(NCC1CCC=CO1)C(=O)O. The third-order valence-corrected chi connectivity index (χ3v) is 2.52. The van der Waals surface area contributed by atoms with Gasteiger partial charge in [0.2, 0.25) is 0 Å². The maximum absolute atomic E-state index is 10.9. The second-order valence-corrected chi connectivity index (χ2v) is 4.18. The van der Waals surface area contributed by atoms with Gasteiger partial charge in [-0.2, -0.15) is 0 Å². The number of carboxylic acid groups (broad SMARTS) is 1. The van der Waals surface area contributed by atoms with Gasteiger partial charge in [-0.15, -0.1) is 0 Å². The van der Waals surface area contributed by atoms with Gasteiger partial charge in [0.15, 0.2) is 0 Å². The van der Waals surface area contributed by atoms with Gasteiger partial charge in [0.05, 0.1) is 6.26 Å². The minimum atomic E-state index is -0.795. The molecule has 0 saturated heterocycles. The molecule has 0 aliphatic carbocycles. The standard InChI is InChI=1S/C11H19NO3/c1-8(2)10(11(13)14)12-7-9-5-3-4-6-15-9/h4,6,8-10,12H,3,5,7H2,1-2H3,(H,13,14). The molecule has 4 heteroatoms. The van der Waals surface area contributed by atoms with E-state index in [-0.39, 0.29) is 12.0 Å². The van der Waals surface area contributed by atoms with E-state index < -0.39 is 12.0 Å². The summed E-state index contributed by atoms with van der Waals surface area (Å²) in [6.45, 7) is 4.39. The Morgan fingerprint density at radius 3 is 2.87 bits per heavy atom. The first-order valence-electron chi connectivity index (χ1n) is 5.38. The summed E-state index contributed by atoms with van der Waals surface area (Å²) in [7, 11) is 0. The Labute approximate surface area is 90.3 Å². The zero-order chi connectivity index (χ0) is 11.3. The number of hydrogen-bond donors (Lipinski definition) is 2. The van der Waals surface area contributed by atoms with Gasteiger partial charge in [-0.25, -0.2) is 0 Å². The van der Waals surface area contributed by atoms with E-state index in [0.717, 1.165) is 12.8 Å². The van der Waals surface area contributed by atoms with Crippen molar-refractivity contribution in [3.63, 3.8) is 0 Å². The molecule has 0 bridgehead atoms. The normalized spacial score (nSPS) is 22.5. The maximum Gasteiger partial charge on any atom is 0.320 e. The van der Waals surface area contributed by atoms with Crippen LogP contribution in [0.4, 0.5) is 0 Å². The molecule has 4 nitrogen and oxygen atoms in total. The minimum absolute atomic E-state index is 0.0848. The summed E-state index contributed by atoms with van der Waals surface area (Å²) >= 11 is 0. The number of aliphatic carboxylic acids is 1. The van der Waals surface area contributed by atoms with Gasteiger partial charge in [-0.05, 0) is 24.8 Å². The largest absolute Gasteiger partial charge is 0.497 e. The van der Waals surface area contributed by atoms with Crippen molar-refractivity contribution in [1.29, 1.82) is 0 Å². The van der Waals surface area contributed by atoms with Gasteiger partial charge >= 0.3 is 5.97 Å². The predicted molar refractivity (Wildman–Crippen MR) is 57.5 cm³/mol. The van der Waals surface area contributed by atoms with Gasteiger partial charge in [-0.1, -0.05) is 13.8 Å². The van der Waals surface area contributed by atoms with Crippen molar-refractivity contribution in [2.75, 3.05) is 6.54 Å². The third kappa shape index (κ3) is 3.91. The molecule has 1 aliphatic heterocycles. The summed E-state index contributed by atoms with van der Waals surface area (Å²) in [6.07, 6.45) is 5.74. The molecular formula is C11H19NO3. The molecule has 2 N–H and O–H groups in total. The zero-order valence-corrected chi connectivity index (χ0v) is 9.27. The number of nitrogens with one attached hydrogen (secondary N) is 1. The molecule has 2 atom stereocenters. The Morgan fingerprint density at radius 2 is 2.40 bits per heavy atom. The fourth-order valence-electron chi connectivity index (χ4n) is 1.60. The van der Waals surface area contributed by atoms with E-state index in [1.807, 2.05) is 19.9 Å². The van der Waals surface area contributed by atoms with E-state index in [2.05, 4.69) is 5.32 Å². The molecular weight excluding hydrogens is 194 g/mol. The lowest BCUT2D eigenvalue weighted by Crippen LogP contribution is -2.44. The van der Waals surface area contributed by atoms with Crippen molar-refractivity contribution in [2.24, 2.45) is 5.92 Å². The molecule has 0 amide bonds. The first kappa shape index (κ1) is 12.0. The highest BCUT2D eigenvalue weighted by molar-refractivity contribution is 5.73. The first-order valence-corrected chi connectivity index (χ1v) is 5.38. The Hall–Kier alpha value is -1.03. The predicted octanol–water partition coefficient (Wildman–Crippen LogP) is 1.38. The molecule has 0 aromatic rings. The zero-order valence-electron chi connectivity index (χ0n) is 9.27. The van der Waals surface area contributed by atoms with E-state index in [4.69, 9.17) is 9.84 Å². The summed E-state index contributed by atoms with van der Waals surface area (Å²) in [5.74, 6) is -0.710. The quantitative estimate of drug-likeness (QED) is 0.724. The van der Waals surface area contributed by atoms with Crippen LogP contribution in [0.25, 0.3) is 0 Å². The molecule has 0 aromatic carbocycles. The average Bonchev–Trinajstić information content (AvgIpc) is 2.18. The molecule has 15 heavy (non-hydrogen) atoms. The number of hydrogen-bond acceptors (Lipinski definition) is 3. The van der Waals surface area contributed by atoms with E-state index in [9.17, 15) is 4.79 Å². The van der Waals surface area contributed by atoms with Gasteiger partial charge in [-0.3, -0.25) is 4.79 Å². The van der Waals surface area contributed by atoms with Gasteiger partial charge < -0.3 is 15.2 Å². The number of carbonyl (C=O) groups is 1. The third-order valence-electron chi connectivity index (χ3n) is 2.52. The molecule has 0 aromatic heterocycles. The second-order valence-electron chi connectivity index (χ2n) is 4.18. The summed E-state index contributed by atoms with van der Waals surface area (Å²) in [4.78, 5) is 10.9. The summed E-state index contributed by atoms with van der Waals surface area (Å²) in [6, 6.07) is -0.487. The molecule has 1 rings (SSSR count). The van der Waals surface area contributed by atoms with Crippen molar-refractivity contribution in [3.05, 3.63) is 12.3 Å². The fourth-order valence-corrected chi connectivity index (χ4v) is 1.60. The Bertz CT molecular complexity index is 238. The average molecular weight is 213 g/mol. The first-order chi connectivity index (χ1) is 7.11. The number of ether oxygens (including phenoxy) is 1. The van der Waals surface area contributed by atoms with Crippen LogP contribution < -0.4 is 5.32 Å². The highest BCUT2D eigenvalue weighted by Crippen LogP contribution is 2.10. The monoisotopic (exact) mass is 213 g/mol. The Balaban J connectivity index is 2.33. The maximum atomic E-state index is 10.9. The number of carboxylic acids is 1. The van der Waals surface area contributed by atoms with Gasteiger partial charge in [0.1, 0.15) is 12.1 Å². The highest BCUT2D eigenvalue weighted by Gasteiger charge is 2.22. The van der Waals surface area contributed by atoms with Crippen LogP contribution >= 0.6 is 0 Å². The van der Waals surface area contributed by atoms with Crippen molar-refractivity contribution in [2.45, 2.75) is 38.8 Å². The lowest BCUT2D eigenvalue weighted by molar-refractivity contribution is -0.140. The Kier molecular flexibility index (Phi) is 4.62. The molecule has 1 heterocycles. The van der Waals surface area contributed by atoms with Crippen LogP contribution in [0.2, 0.25) is 0 Å². The smallest absolute Gasteiger partial charge is 0.320 e. The van der Waals surface area contributed by atoms with Crippen molar-refractivity contribution >= 4 is 5.97 Å². The minimum Gasteiger partial charge on any atom is -0.497 e. The van der Waals surface area contributed by atoms with E-state index >= 15 is 0 Å². The number of rotatable bonds is 5. The van der Waals surface area contributed by atoms with Crippen molar-refractivity contribution in [1.82, 2.24) is 5.32 Å². The van der Waals surface area contributed by atoms with Crippen LogP contribution in [0.3, 0.4) is 0 Å². The van der Waals surface area contributed by atoms with Crippen molar-refractivity contribution < 1.29 is 14.6 Å². The summed E-state index contributed by atoms with van der Waals surface area (Å²) < 4.78 is 5.35. The Morgan fingerprint density at radius 1 is 1.67 bits per heavy atom. The molecule has 0 spiro atoms. The molecule has 0 fully saturated rings. The summed E-state index contributed by atoms with van der Waals surface area (Å²) in [5.41, 5.74) is 0. The molecule has 1 aliphatic rings. The van der Waals surface area contributed by atoms with Gasteiger partial charge in [0.25, 0.3) is 0 Å². The van der Waals surface area contributed by atoms with E-state index in [1.54, 1.807) is 6.26 Å². The van der Waals surface area contributed by atoms with Crippen LogP contribution in [0.1, 0.15) is 26.7 Å². The molecule has 0 saturated carbocycles. The molecule has 86 valence electrons. The van der Waals surface area contributed by atoms with Crippen LogP contribution in [-0.2, 0) is 9.53 Å².